The molecule has 0 fully saturated rings. The third kappa shape index (κ3) is 56.6. The summed E-state index contributed by atoms with van der Waals surface area (Å²) in [4.78, 5) is 37.8. The molecule has 6 heteroatoms. The third-order valence-corrected chi connectivity index (χ3v) is 12.0. The summed E-state index contributed by atoms with van der Waals surface area (Å²) in [6.07, 6.45) is 80.9. The van der Waals surface area contributed by atoms with Crippen LogP contribution in [0.1, 0.15) is 252 Å². The Labute approximate surface area is 437 Å². The first kappa shape index (κ1) is 66.8. The molecule has 0 spiro atoms. The molecule has 1 atom stereocenters. The quantitative estimate of drug-likeness (QED) is 0.0261. The summed E-state index contributed by atoms with van der Waals surface area (Å²) in [5, 5.41) is 0. The molecular formula is C65H106O6. The largest absolute Gasteiger partial charge is 0.462 e. The molecule has 0 bridgehead atoms. The molecule has 0 aromatic carbocycles. The Hall–Kier alpha value is -4.19. The zero-order valence-corrected chi connectivity index (χ0v) is 45.9. The van der Waals surface area contributed by atoms with E-state index in [2.05, 4.69) is 142 Å². The van der Waals surface area contributed by atoms with Crippen molar-refractivity contribution in [3.05, 3.63) is 122 Å². The van der Waals surface area contributed by atoms with Crippen LogP contribution in [0.4, 0.5) is 0 Å². The minimum Gasteiger partial charge on any atom is -0.462 e. The lowest BCUT2D eigenvalue weighted by atomic mass is 10.1. The number of carbonyl (C=O) groups excluding carboxylic acids is 3. The van der Waals surface area contributed by atoms with Gasteiger partial charge in [-0.3, -0.25) is 14.4 Å². The van der Waals surface area contributed by atoms with Crippen LogP contribution >= 0.6 is 0 Å². The Morgan fingerprint density at radius 2 is 0.549 bits per heavy atom. The van der Waals surface area contributed by atoms with E-state index in [0.717, 1.165) is 141 Å². The summed E-state index contributed by atoms with van der Waals surface area (Å²) in [5.41, 5.74) is 0. The molecule has 402 valence electrons. The highest BCUT2D eigenvalue weighted by Crippen LogP contribution is 2.14. The van der Waals surface area contributed by atoms with Gasteiger partial charge in [0.2, 0.25) is 0 Å². The minimum atomic E-state index is -0.784. The first-order chi connectivity index (χ1) is 35.0. The van der Waals surface area contributed by atoms with E-state index in [-0.39, 0.29) is 31.1 Å². The second-order valence-corrected chi connectivity index (χ2v) is 18.8. The van der Waals surface area contributed by atoms with Crippen molar-refractivity contribution in [1.29, 1.82) is 0 Å². The van der Waals surface area contributed by atoms with Crippen LogP contribution in [0.15, 0.2) is 122 Å². The SMILES string of the molecule is CC/C=C\C/C=C\C/C=C\C/C=C\C/C=C\C/C=C\C/C=C\CCCCCCCCCCCC(=O)OCC(COC(=O)CCCCCCC)OC(=O)CCCCCCCCC/C=C\C/C=C\C/C=C\CC. The topological polar surface area (TPSA) is 78.9 Å². The standard InChI is InChI=1S/C65H106O6/c1-4-7-10-13-15-17-19-21-23-25-26-27-28-29-30-31-32-33-34-35-36-37-38-40-41-43-45-47-49-52-55-58-64(67)70-61-62(60-69-63(66)57-54-51-12-9-6-3)71-65(68)59-56-53-50-48-46-44-42-39-24-22-20-18-16-14-11-8-5-2/h7-8,10-11,15-18,21-24,26-27,29-30,32-33,35-36,62H,4-6,9,12-14,19-20,25,28,31,34,37-61H2,1-3H3/b10-7-,11-8-,17-15-,18-16-,23-21-,24-22-,27-26-,30-29-,33-32-,36-35-. The lowest BCUT2D eigenvalue weighted by Gasteiger charge is -2.18. The van der Waals surface area contributed by atoms with Crippen molar-refractivity contribution in [2.45, 2.75) is 258 Å². The summed E-state index contributed by atoms with van der Waals surface area (Å²) in [7, 11) is 0. The van der Waals surface area contributed by atoms with Crippen molar-refractivity contribution in [3.8, 4) is 0 Å². The van der Waals surface area contributed by atoms with E-state index in [9.17, 15) is 14.4 Å². The molecule has 0 saturated carbocycles. The summed E-state index contributed by atoms with van der Waals surface area (Å²) < 4.78 is 16.7. The molecule has 0 aromatic rings. The number of unbranched alkanes of at least 4 members (excludes halogenated alkanes) is 20. The van der Waals surface area contributed by atoms with Gasteiger partial charge in [0, 0.05) is 19.3 Å². The van der Waals surface area contributed by atoms with E-state index in [4.69, 9.17) is 14.2 Å². The van der Waals surface area contributed by atoms with Crippen LogP contribution in [0.2, 0.25) is 0 Å². The van der Waals surface area contributed by atoms with Gasteiger partial charge < -0.3 is 14.2 Å². The Morgan fingerprint density at radius 3 is 0.859 bits per heavy atom. The van der Waals surface area contributed by atoms with E-state index in [0.29, 0.717) is 19.3 Å². The monoisotopic (exact) mass is 983 g/mol. The van der Waals surface area contributed by atoms with Crippen molar-refractivity contribution < 1.29 is 28.6 Å². The van der Waals surface area contributed by atoms with Crippen molar-refractivity contribution >= 4 is 17.9 Å². The third-order valence-electron chi connectivity index (χ3n) is 12.0. The Bertz CT molecular complexity index is 1500. The molecule has 0 N–H and O–H groups in total. The van der Waals surface area contributed by atoms with E-state index >= 15 is 0 Å². The maximum atomic E-state index is 12.8. The second kappa shape index (κ2) is 58.4. The van der Waals surface area contributed by atoms with Gasteiger partial charge in [-0.05, 0) is 109 Å². The van der Waals surface area contributed by atoms with Crippen molar-refractivity contribution in [3.63, 3.8) is 0 Å². The van der Waals surface area contributed by atoms with Gasteiger partial charge in [0.1, 0.15) is 13.2 Å². The number of carbonyl (C=O) groups is 3. The number of allylic oxidation sites excluding steroid dienone is 20. The van der Waals surface area contributed by atoms with Crippen molar-refractivity contribution in [1.82, 2.24) is 0 Å². The molecule has 0 saturated heterocycles. The van der Waals surface area contributed by atoms with Gasteiger partial charge in [-0.25, -0.2) is 0 Å². The van der Waals surface area contributed by atoms with Gasteiger partial charge in [0.05, 0.1) is 0 Å². The second-order valence-electron chi connectivity index (χ2n) is 18.8. The first-order valence-electron chi connectivity index (χ1n) is 29.0. The number of rotatable bonds is 51. The predicted octanol–water partition coefficient (Wildman–Crippen LogP) is 19.6. The van der Waals surface area contributed by atoms with Crippen LogP contribution in [0.3, 0.4) is 0 Å². The van der Waals surface area contributed by atoms with Gasteiger partial charge >= 0.3 is 17.9 Å². The number of ether oxygens (including phenoxy) is 3. The summed E-state index contributed by atoms with van der Waals surface area (Å²) in [6.45, 7) is 6.31. The summed E-state index contributed by atoms with van der Waals surface area (Å²) >= 11 is 0. The summed E-state index contributed by atoms with van der Waals surface area (Å²) in [6, 6.07) is 0. The maximum absolute atomic E-state index is 12.8. The van der Waals surface area contributed by atoms with Crippen LogP contribution in [0, 0.1) is 0 Å². The highest BCUT2D eigenvalue weighted by Gasteiger charge is 2.19. The van der Waals surface area contributed by atoms with E-state index in [1.54, 1.807) is 0 Å². The van der Waals surface area contributed by atoms with Crippen LogP contribution in [0.5, 0.6) is 0 Å². The Balaban J connectivity index is 4.10. The fraction of sp³-hybridized carbons (Fsp3) is 0.646. The molecule has 0 radical (unpaired) electrons. The molecule has 6 nitrogen and oxygen atoms in total. The zero-order chi connectivity index (χ0) is 51.4. The average Bonchev–Trinajstić information content (AvgIpc) is 3.37. The van der Waals surface area contributed by atoms with Gasteiger partial charge in [0.15, 0.2) is 6.10 Å². The van der Waals surface area contributed by atoms with Crippen LogP contribution in [-0.4, -0.2) is 37.2 Å². The van der Waals surface area contributed by atoms with Crippen LogP contribution < -0.4 is 0 Å². The first-order valence-corrected chi connectivity index (χ1v) is 29.0. The number of hydrogen-bond acceptors (Lipinski definition) is 6. The minimum absolute atomic E-state index is 0.0862. The Morgan fingerprint density at radius 1 is 0.296 bits per heavy atom. The fourth-order valence-electron chi connectivity index (χ4n) is 7.67. The zero-order valence-electron chi connectivity index (χ0n) is 45.9. The van der Waals surface area contributed by atoms with Crippen molar-refractivity contribution in [2.24, 2.45) is 0 Å². The van der Waals surface area contributed by atoms with Gasteiger partial charge in [0.25, 0.3) is 0 Å². The molecule has 1 unspecified atom stereocenters. The fourth-order valence-corrected chi connectivity index (χ4v) is 7.67. The lowest BCUT2D eigenvalue weighted by Crippen LogP contribution is -2.30. The average molecular weight is 984 g/mol. The maximum Gasteiger partial charge on any atom is 0.306 e. The van der Waals surface area contributed by atoms with Crippen LogP contribution in [-0.2, 0) is 28.6 Å². The van der Waals surface area contributed by atoms with Gasteiger partial charge in [-0.2, -0.15) is 0 Å². The smallest absolute Gasteiger partial charge is 0.306 e. The van der Waals surface area contributed by atoms with E-state index in [1.165, 1.54) is 70.6 Å². The predicted molar refractivity (Wildman–Crippen MR) is 306 cm³/mol. The molecule has 0 aliphatic rings. The van der Waals surface area contributed by atoms with Gasteiger partial charge in [-0.1, -0.05) is 245 Å². The number of hydrogen-bond donors (Lipinski definition) is 0. The Kier molecular flexibility index (Phi) is 54.9. The molecule has 0 heterocycles. The van der Waals surface area contributed by atoms with E-state index in [1.807, 2.05) is 0 Å². The molecule has 71 heavy (non-hydrogen) atoms. The normalized spacial score (nSPS) is 13.0. The van der Waals surface area contributed by atoms with Crippen molar-refractivity contribution in [2.75, 3.05) is 13.2 Å². The number of esters is 3. The molecule has 0 aliphatic heterocycles. The van der Waals surface area contributed by atoms with E-state index < -0.39 is 6.10 Å². The van der Waals surface area contributed by atoms with Gasteiger partial charge in [-0.15, -0.1) is 0 Å². The molecular weight excluding hydrogens is 877 g/mol. The molecule has 0 aliphatic carbocycles. The summed E-state index contributed by atoms with van der Waals surface area (Å²) in [5.74, 6) is -0.919. The lowest BCUT2D eigenvalue weighted by molar-refractivity contribution is -0.167. The van der Waals surface area contributed by atoms with Crippen LogP contribution in [0.25, 0.3) is 0 Å². The highest BCUT2D eigenvalue weighted by atomic mass is 16.6. The molecule has 0 rings (SSSR count). The highest BCUT2D eigenvalue weighted by molar-refractivity contribution is 5.71. The molecule has 0 aromatic heterocycles. The molecule has 0 amide bonds.